The number of hydrogen-bond donors (Lipinski definition) is 2. The van der Waals surface area contributed by atoms with Crippen molar-refractivity contribution in [2.75, 3.05) is 0 Å². The number of halogens is 1. The second kappa shape index (κ2) is 5.82. The maximum absolute atomic E-state index is 12.5. The molecule has 1 aliphatic carbocycles. The van der Waals surface area contributed by atoms with Crippen LogP contribution >= 0.6 is 28.1 Å². The highest BCUT2D eigenvalue weighted by atomic mass is 79.9. The Morgan fingerprint density at radius 2 is 2.00 bits per heavy atom. The minimum absolute atomic E-state index is 0.0430. The van der Waals surface area contributed by atoms with Gasteiger partial charge in [0.25, 0.3) is 0 Å². The van der Waals surface area contributed by atoms with Crippen molar-refractivity contribution in [2.24, 2.45) is 17.1 Å². The van der Waals surface area contributed by atoms with Gasteiger partial charge in [-0.3, -0.25) is 4.79 Å². The number of carbonyl (C=O) groups is 1. The summed E-state index contributed by atoms with van der Waals surface area (Å²) in [6.07, 6.45) is 1.50. The van der Waals surface area contributed by atoms with Crippen molar-refractivity contribution in [3.05, 3.63) is 34.3 Å². The molecule has 1 saturated carbocycles. The van der Waals surface area contributed by atoms with Gasteiger partial charge in [0, 0.05) is 4.47 Å². The van der Waals surface area contributed by atoms with Crippen molar-refractivity contribution in [3.63, 3.8) is 0 Å². The van der Waals surface area contributed by atoms with Crippen molar-refractivity contribution in [3.8, 4) is 0 Å². The van der Waals surface area contributed by atoms with E-state index in [1.165, 1.54) is 0 Å². The lowest BCUT2D eigenvalue weighted by atomic mass is 9.62. The molecule has 1 amide bonds. The molecule has 2 rings (SSSR count). The zero-order chi connectivity index (χ0) is 14.9. The van der Waals surface area contributed by atoms with Crippen molar-refractivity contribution in [2.45, 2.75) is 32.7 Å². The molecule has 0 radical (unpaired) electrons. The van der Waals surface area contributed by atoms with Crippen LogP contribution in [0.4, 0.5) is 0 Å². The zero-order valence-corrected chi connectivity index (χ0v) is 14.1. The fourth-order valence-electron chi connectivity index (χ4n) is 2.80. The van der Waals surface area contributed by atoms with Gasteiger partial charge in [-0.15, -0.1) is 0 Å². The van der Waals surface area contributed by atoms with Gasteiger partial charge in [0.15, 0.2) is 0 Å². The van der Waals surface area contributed by atoms with Gasteiger partial charge in [0.2, 0.25) is 5.91 Å². The maximum atomic E-state index is 12.5. The van der Waals surface area contributed by atoms with Crippen LogP contribution in [0.25, 0.3) is 0 Å². The summed E-state index contributed by atoms with van der Waals surface area (Å²) in [5, 5.41) is 3.04. The lowest BCUT2D eigenvalue weighted by Gasteiger charge is -2.44. The molecule has 108 valence electrons. The molecule has 0 heterocycles. The summed E-state index contributed by atoms with van der Waals surface area (Å²) < 4.78 is 1.02. The summed E-state index contributed by atoms with van der Waals surface area (Å²) in [6.45, 7) is 4.08. The minimum atomic E-state index is -0.641. The summed E-state index contributed by atoms with van der Waals surface area (Å²) in [5.74, 6) is 0.462. The molecule has 1 fully saturated rings. The van der Waals surface area contributed by atoms with Crippen LogP contribution in [0.2, 0.25) is 0 Å². The zero-order valence-electron chi connectivity index (χ0n) is 11.7. The molecule has 1 unspecified atom stereocenters. The lowest BCUT2D eigenvalue weighted by Crippen LogP contribution is -2.56. The van der Waals surface area contributed by atoms with E-state index in [4.69, 9.17) is 18.0 Å². The molecule has 1 aromatic carbocycles. The number of nitrogens with one attached hydrogen (secondary N) is 1. The smallest absolute Gasteiger partial charge is 0.233 e. The normalized spacial score (nSPS) is 26.4. The first-order chi connectivity index (χ1) is 9.35. The number of benzene rings is 1. The first kappa shape index (κ1) is 15.4. The molecule has 20 heavy (non-hydrogen) atoms. The van der Waals surface area contributed by atoms with Gasteiger partial charge in [-0.2, -0.15) is 0 Å². The van der Waals surface area contributed by atoms with Crippen molar-refractivity contribution < 1.29 is 4.79 Å². The van der Waals surface area contributed by atoms with Gasteiger partial charge in [-0.05, 0) is 43.4 Å². The summed E-state index contributed by atoms with van der Waals surface area (Å²) >= 11 is 8.51. The second-order valence-corrected chi connectivity index (χ2v) is 7.06. The molecule has 0 bridgehead atoms. The number of amides is 1. The van der Waals surface area contributed by atoms with Gasteiger partial charge < -0.3 is 11.1 Å². The van der Waals surface area contributed by atoms with Crippen LogP contribution in [0.15, 0.2) is 28.7 Å². The number of thiocarbonyl (C=S) groups is 1. The molecular weight excluding hydrogens is 336 g/mol. The average Bonchev–Trinajstić information content (AvgIpc) is 2.34. The SMILES string of the molecule is CC1CC(C(=O)NC(C)c2ccc(Br)cc2)(C(N)=S)C1. The van der Waals surface area contributed by atoms with E-state index in [-0.39, 0.29) is 11.9 Å². The Kier molecular flexibility index (Phi) is 4.49. The molecule has 1 atom stereocenters. The van der Waals surface area contributed by atoms with E-state index in [0.717, 1.165) is 22.9 Å². The van der Waals surface area contributed by atoms with E-state index < -0.39 is 5.41 Å². The van der Waals surface area contributed by atoms with E-state index >= 15 is 0 Å². The van der Waals surface area contributed by atoms with Crippen LogP contribution in [0, 0.1) is 11.3 Å². The molecule has 0 saturated heterocycles. The number of hydrogen-bond acceptors (Lipinski definition) is 2. The van der Waals surface area contributed by atoms with Crippen molar-refractivity contribution >= 4 is 39.0 Å². The molecule has 0 aromatic heterocycles. The molecule has 0 aliphatic heterocycles. The van der Waals surface area contributed by atoms with Crippen LogP contribution in [0.5, 0.6) is 0 Å². The number of rotatable bonds is 4. The van der Waals surface area contributed by atoms with Crippen LogP contribution in [0.1, 0.15) is 38.3 Å². The Morgan fingerprint density at radius 3 is 2.45 bits per heavy atom. The Balaban J connectivity index is 2.07. The average molecular weight is 355 g/mol. The minimum Gasteiger partial charge on any atom is -0.392 e. The molecule has 0 spiro atoms. The van der Waals surface area contributed by atoms with E-state index in [9.17, 15) is 4.79 Å². The van der Waals surface area contributed by atoms with E-state index in [1.807, 2.05) is 31.2 Å². The first-order valence-corrected chi connectivity index (χ1v) is 7.91. The van der Waals surface area contributed by atoms with Gasteiger partial charge in [0.1, 0.15) is 0 Å². The predicted octanol–water partition coefficient (Wildman–Crippen LogP) is 3.33. The predicted molar refractivity (Wildman–Crippen MR) is 88.3 cm³/mol. The largest absolute Gasteiger partial charge is 0.392 e. The topological polar surface area (TPSA) is 55.1 Å². The third kappa shape index (κ3) is 2.88. The van der Waals surface area contributed by atoms with Crippen LogP contribution in [-0.2, 0) is 4.79 Å². The Labute approximate surface area is 133 Å². The highest BCUT2D eigenvalue weighted by Crippen LogP contribution is 2.46. The summed E-state index contributed by atoms with van der Waals surface area (Å²) in [4.78, 5) is 12.8. The van der Waals surface area contributed by atoms with Gasteiger partial charge >= 0.3 is 0 Å². The van der Waals surface area contributed by atoms with Crippen LogP contribution in [-0.4, -0.2) is 10.9 Å². The van der Waals surface area contributed by atoms with Gasteiger partial charge in [-0.25, -0.2) is 0 Å². The first-order valence-electron chi connectivity index (χ1n) is 6.71. The van der Waals surface area contributed by atoms with Gasteiger partial charge in [0.05, 0.1) is 16.4 Å². The quantitative estimate of drug-likeness (QED) is 0.815. The molecular formula is C15H19BrN2OS. The highest BCUT2D eigenvalue weighted by Gasteiger charge is 2.51. The monoisotopic (exact) mass is 354 g/mol. The maximum Gasteiger partial charge on any atom is 0.233 e. The fraction of sp³-hybridized carbons (Fsp3) is 0.467. The summed E-state index contributed by atoms with van der Waals surface area (Å²) in [5.41, 5.74) is 6.22. The number of carbonyl (C=O) groups excluding carboxylic acids is 1. The van der Waals surface area contributed by atoms with Gasteiger partial charge in [-0.1, -0.05) is 47.2 Å². The Bertz CT molecular complexity index is 523. The molecule has 3 nitrogen and oxygen atoms in total. The standard InChI is InChI=1S/C15H19BrN2OS/c1-9-7-15(8-9,13(17)20)14(19)18-10(2)11-3-5-12(16)6-4-11/h3-6,9-10H,7-8H2,1-2H3,(H2,17,20)(H,18,19). The molecule has 1 aromatic rings. The fourth-order valence-corrected chi connectivity index (χ4v) is 3.32. The molecule has 5 heteroatoms. The Hall–Kier alpha value is -0.940. The van der Waals surface area contributed by atoms with Crippen LogP contribution in [0.3, 0.4) is 0 Å². The van der Waals surface area contributed by atoms with E-state index in [1.54, 1.807) is 0 Å². The molecule has 1 aliphatic rings. The van der Waals surface area contributed by atoms with E-state index in [2.05, 4.69) is 28.2 Å². The van der Waals surface area contributed by atoms with Crippen LogP contribution < -0.4 is 11.1 Å². The third-order valence-electron chi connectivity index (χ3n) is 4.02. The van der Waals surface area contributed by atoms with E-state index in [0.29, 0.717) is 10.9 Å². The van der Waals surface area contributed by atoms with Crippen molar-refractivity contribution in [1.29, 1.82) is 0 Å². The second-order valence-electron chi connectivity index (χ2n) is 5.71. The summed E-state index contributed by atoms with van der Waals surface area (Å²) in [7, 11) is 0. The Morgan fingerprint density at radius 1 is 1.45 bits per heavy atom. The molecule has 3 N–H and O–H groups in total. The number of nitrogens with two attached hydrogens (primary N) is 1. The third-order valence-corrected chi connectivity index (χ3v) is 4.94. The summed E-state index contributed by atoms with van der Waals surface area (Å²) in [6, 6.07) is 7.86. The highest BCUT2D eigenvalue weighted by molar-refractivity contribution is 9.10. The lowest BCUT2D eigenvalue weighted by molar-refractivity contribution is -0.133. The van der Waals surface area contributed by atoms with Crippen molar-refractivity contribution in [1.82, 2.24) is 5.32 Å².